The third-order valence-electron chi connectivity index (χ3n) is 2.91. The molecule has 1 aromatic heterocycles. The lowest BCUT2D eigenvalue weighted by Gasteiger charge is -2.21. The Bertz CT molecular complexity index is 461. The Balaban J connectivity index is 2.34. The number of nitrogens with zero attached hydrogens (tertiary/aromatic N) is 2. The fourth-order valence-corrected chi connectivity index (χ4v) is 2.32. The Labute approximate surface area is 105 Å². The van der Waals surface area contributed by atoms with Crippen LogP contribution < -0.4 is 10.6 Å². The lowest BCUT2D eigenvalue weighted by atomic mass is 10.1. The molecule has 0 radical (unpaired) electrons. The predicted octanol–water partition coefficient (Wildman–Crippen LogP) is 0.980. The van der Waals surface area contributed by atoms with E-state index in [0.29, 0.717) is 35.9 Å². The lowest BCUT2D eigenvalue weighted by Crippen LogP contribution is -2.30. The van der Waals surface area contributed by atoms with E-state index in [9.17, 15) is 5.11 Å². The van der Waals surface area contributed by atoms with Gasteiger partial charge in [0, 0.05) is 24.8 Å². The number of nitrogens with one attached hydrogen (secondary N) is 1. The molecule has 17 heavy (non-hydrogen) atoms. The zero-order valence-electron chi connectivity index (χ0n) is 9.57. The first-order valence-corrected chi connectivity index (χ1v) is 5.75. The average Bonchev–Trinajstić information content (AvgIpc) is 2.58. The van der Waals surface area contributed by atoms with Crippen molar-refractivity contribution >= 4 is 23.3 Å². The molecule has 0 saturated carbocycles. The lowest BCUT2D eigenvalue weighted by molar-refractivity contribution is 0.0839. The second-order valence-corrected chi connectivity index (χ2v) is 4.96. The van der Waals surface area contributed by atoms with Crippen molar-refractivity contribution in [2.45, 2.75) is 18.9 Å². The molecule has 0 spiro atoms. The molecule has 1 aliphatic heterocycles. The van der Waals surface area contributed by atoms with E-state index in [-0.39, 0.29) is 5.84 Å². The number of β-amino-alcohol motifs (C(OH)–C–C–N with tert-alkyl or cyclic N) is 1. The molecule has 4 N–H and O–H groups in total. The van der Waals surface area contributed by atoms with Gasteiger partial charge in [-0.15, -0.1) is 0 Å². The highest BCUT2D eigenvalue weighted by Crippen LogP contribution is 2.31. The van der Waals surface area contributed by atoms with Crippen LogP contribution in [0.15, 0.2) is 12.3 Å². The fourth-order valence-electron chi connectivity index (χ4n) is 1.99. The Morgan fingerprint density at radius 1 is 1.71 bits per heavy atom. The minimum atomic E-state index is -0.711. The highest BCUT2D eigenvalue weighted by Gasteiger charge is 2.33. The topological polar surface area (TPSA) is 86.2 Å². The van der Waals surface area contributed by atoms with Crippen molar-refractivity contribution in [2.24, 2.45) is 5.73 Å². The van der Waals surface area contributed by atoms with Gasteiger partial charge < -0.3 is 15.7 Å². The van der Waals surface area contributed by atoms with Gasteiger partial charge in [0.1, 0.15) is 11.7 Å². The normalized spacial score (nSPS) is 24.1. The molecule has 1 aliphatic rings. The molecular weight excluding hydrogens is 240 g/mol. The molecule has 2 rings (SSSR count). The summed E-state index contributed by atoms with van der Waals surface area (Å²) in [6, 6.07) is 1.61. The Hall–Kier alpha value is -1.33. The number of nitrogen functional groups attached to an aromatic ring is 1. The predicted molar refractivity (Wildman–Crippen MR) is 67.7 cm³/mol. The van der Waals surface area contributed by atoms with E-state index in [0.717, 1.165) is 0 Å². The molecule has 1 unspecified atom stereocenters. The van der Waals surface area contributed by atoms with Crippen LogP contribution in [0.2, 0.25) is 5.02 Å². The molecule has 1 saturated heterocycles. The van der Waals surface area contributed by atoms with E-state index in [1.807, 2.05) is 4.90 Å². The van der Waals surface area contributed by atoms with E-state index in [1.54, 1.807) is 19.2 Å². The van der Waals surface area contributed by atoms with Crippen LogP contribution in [0, 0.1) is 5.41 Å². The molecule has 0 amide bonds. The fraction of sp³-hybridized carbons (Fsp3) is 0.455. The summed E-state index contributed by atoms with van der Waals surface area (Å²) in [4.78, 5) is 6.11. The first-order chi connectivity index (χ1) is 7.91. The number of aromatic nitrogens is 1. The number of halogens is 1. The van der Waals surface area contributed by atoms with Crippen LogP contribution in [0.5, 0.6) is 0 Å². The molecule has 0 aliphatic carbocycles. The SMILES string of the molecule is CC1(O)CCN(c2nccc(C(=N)N)c2Cl)C1. The number of anilines is 1. The largest absolute Gasteiger partial charge is 0.388 e. The van der Waals surface area contributed by atoms with Crippen molar-refractivity contribution in [2.75, 3.05) is 18.0 Å². The van der Waals surface area contributed by atoms with Crippen molar-refractivity contribution in [3.63, 3.8) is 0 Å². The first kappa shape index (κ1) is 12.1. The third-order valence-corrected chi connectivity index (χ3v) is 3.28. The van der Waals surface area contributed by atoms with E-state index in [2.05, 4.69) is 4.98 Å². The Kier molecular flexibility index (Phi) is 2.97. The maximum absolute atomic E-state index is 9.92. The molecular formula is C11H15ClN4O. The first-order valence-electron chi connectivity index (χ1n) is 5.37. The van der Waals surface area contributed by atoms with Gasteiger partial charge in [-0.25, -0.2) is 4.98 Å². The van der Waals surface area contributed by atoms with E-state index >= 15 is 0 Å². The van der Waals surface area contributed by atoms with E-state index in [1.165, 1.54) is 0 Å². The summed E-state index contributed by atoms with van der Waals surface area (Å²) in [7, 11) is 0. The number of nitrogens with two attached hydrogens (primary N) is 1. The maximum Gasteiger partial charge on any atom is 0.148 e. The summed E-state index contributed by atoms with van der Waals surface area (Å²) in [5, 5.41) is 17.7. The van der Waals surface area contributed by atoms with Crippen molar-refractivity contribution in [1.82, 2.24) is 4.98 Å². The molecule has 1 atom stereocenters. The summed E-state index contributed by atoms with van der Waals surface area (Å²) >= 11 is 6.17. The summed E-state index contributed by atoms with van der Waals surface area (Å²) in [6.07, 6.45) is 2.25. The van der Waals surface area contributed by atoms with Crippen LogP contribution in [0.3, 0.4) is 0 Å². The van der Waals surface area contributed by atoms with Gasteiger partial charge in [-0.1, -0.05) is 11.6 Å². The minimum Gasteiger partial charge on any atom is -0.388 e. The molecule has 1 aromatic rings. The number of hydrogen-bond donors (Lipinski definition) is 3. The van der Waals surface area contributed by atoms with Gasteiger partial charge in [-0.05, 0) is 19.4 Å². The monoisotopic (exact) mass is 254 g/mol. The molecule has 5 nitrogen and oxygen atoms in total. The molecule has 0 bridgehead atoms. The van der Waals surface area contributed by atoms with Gasteiger partial charge in [-0.2, -0.15) is 0 Å². The minimum absolute atomic E-state index is 0.0791. The molecule has 0 aromatic carbocycles. The van der Waals surface area contributed by atoms with Crippen LogP contribution in [0.25, 0.3) is 0 Å². The second-order valence-electron chi connectivity index (χ2n) is 4.58. The maximum atomic E-state index is 9.92. The average molecular weight is 255 g/mol. The third kappa shape index (κ3) is 2.35. The highest BCUT2D eigenvalue weighted by atomic mass is 35.5. The van der Waals surface area contributed by atoms with Crippen molar-refractivity contribution in [3.8, 4) is 0 Å². The number of amidine groups is 1. The number of rotatable bonds is 2. The van der Waals surface area contributed by atoms with E-state index in [4.69, 9.17) is 22.7 Å². The number of pyridine rings is 1. The van der Waals surface area contributed by atoms with Gasteiger partial charge >= 0.3 is 0 Å². The number of hydrogen-bond acceptors (Lipinski definition) is 4. The molecule has 2 heterocycles. The zero-order chi connectivity index (χ0) is 12.6. The zero-order valence-corrected chi connectivity index (χ0v) is 10.3. The highest BCUT2D eigenvalue weighted by molar-refractivity contribution is 6.36. The van der Waals surface area contributed by atoms with Gasteiger partial charge in [0.25, 0.3) is 0 Å². The van der Waals surface area contributed by atoms with Gasteiger partial charge in [0.2, 0.25) is 0 Å². The van der Waals surface area contributed by atoms with Crippen molar-refractivity contribution < 1.29 is 5.11 Å². The summed E-state index contributed by atoms with van der Waals surface area (Å²) < 4.78 is 0. The Morgan fingerprint density at radius 2 is 2.41 bits per heavy atom. The standard InChI is InChI=1S/C11H15ClN4O/c1-11(17)3-5-16(6-11)10-8(12)7(9(13)14)2-4-15-10/h2,4,17H,3,5-6H2,1H3,(H3,13,14). The smallest absolute Gasteiger partial charge is 0.148 e. The Morgan fingerprint density at radius 3 is 2.94 bits per heavy atom. The van der Waals surface area contributed by atoms with Gasteiger partial charge in [0.05, 0.1) is 10.6 Å². The number of aliphatic hydroxyl groups is 1. The van der Waals surface area contributed by atoms with Crippen LogP contribution in [0.4, 0.5) is 5.82 Å². The molecule has 1 fully saturated rings. The summed E-state index contributed by atoms with van der Waals surface area (Å²) in [6.45, 7) is 2.97. The van der Waals surface area contributed by atoms with Crippen LogP contribution in [-0.2, 0) is 0 Å². The van der Waals surface area contributed by atoms with Crippen molar-refractivity contribution in [1.29, 1.82) is 5.41 Å². The van der Waals surface area contributed by atoms with Crippen molar-refractivity contribution in [3.05, 3.63) is 22.8 Å². The molecule has 92 valence electrons. The van der Waals surface area contributed by atoms with Gasteiger partial charge in [-0.3, -0.25) is 5.41 Å². The van der Waals surface area contributed by atoms with Crippen LogP contribution in [0.1, 0.15) is 18.9 Å². The second kappa shape index (κ2) is 4.16. The van der Waals surface area contributed by atoms with Crippen LogP contribution >= 0.6 is 11.6 Å². The quantitative estimate of drug-likeness (QED) is 0.542. The van der Waals surface area contributed by atoms with E-state index < -0.39 is 5.60 Å². The summed E-state index contributed by atoms with van der Waals surface area (Å²) in [5.41, 5.74) is 5.20. The summed E-state index contributed by atoms with van der Waals surface area (Å²) in [5.74, 6) is 0.502. The van der Waals surface area contributed by atoms with Crippen LogP contribution in [-0.4, -0.2) is 34.6 Å². The molecule has 6 heteroatoms. The van der Waals surface area contributed by atoms with Gasteiger partial charge in [0.15, 0.2) is 0 Å².